The van der Waals surface area contributed by atoms with Crippen LogP contribution in [0.2, 0.25) is 0 Å². The Hall–Kier alpha value is -1.39. The number of nitrogens with zero attached hydrogens (tertiary/aromatic N) is 2. The Bertz CT molecular complexity index is 592. The van der Waals surface area contributed by atoms with Crippen molar-refractivity contribution in [3.63, 3.8) is 0 Å². The predicted octanol–water partition coefficient (Wildman–Crippen LogP) is 2.27. The molecule has 0 radical (unpaired) electrons. The molecule has 2 aromatic rings. The Morgan fingerprint density at radius 1 is 1.40 bits per heavy atom. The van der Waals surface area contributed by atoms with Gasteiger partial charge in [0.2, 0.25) is 0 Å². The highest BCUT2D eigenvalue weighted by Gasteiger charge is 2.29. The second kappa shape index (κ2) is 5.54. The number of rotatable bonds is 4. The third-order valence-electron chi connectivity index (χ3n) is 4.33. The zero-order valence-corrected chi connectivity index (χ0v) is 12.5. The minimum absolute atomic E-state index is 0.302. The fourth-order valence-electron chi connectivity index (χ4n) is 3.20. The molecule has 3 atom stereocenters. The lowest BCUT2D eigenvalue weighted by atomic mass is 10.0. The van der Waals surface area contributed by atoms with Gasteiger partial charge in [0.1, 0.15) is 0 Å². The molecule has 0 bridgehead atoms. The van der Waals surface area contributed by atoms with Crippen LogP contribution in [-0.2, 0) is 18.2 Å². The highest BCUT2D eigenvalue weighted by Crippen LogP contribution is 2.25. The van der Waals surface area contributed by atoms with Crippen molar-refractivity contribution < 1.29 is 4.74 Å². The second-order valence-electron chi connectivity index (χ2n) is 5.75. The van der Waals surface area contributed by atoms with E-state index in [1.807, 2.05) is 18.8 Å². The first-order valence-electron chi connectivity index (χ1n) is 7.42. The van der Waals surface area contributed by atoms with E-state index in [1.165, 1.54) is 10.9 Å². The normalized spacial score (nSPS) is 24.4. The van der Waals surface area contributed by atoms with E-state index < -0.39 is 0 Å². The number of aromatic nitrogens is 2. The summed E-state index contributed by atoms with van der Waals surface area (Å²) in [5.74, 6) is 0. The first-order valence-corrected chi connectivity index (χ1v) is 7.42. The highest BCUT2D eigenvalue weighted by molar-refractivity contribution is 5.81. The number of likely N-dealkylation sites (N-methyl/N-ethyl adjacent to an activating group) is 1. The molecule has 3 rings (SSSR count). The standard InChI is InChI=1S/C16H23N3O/c1-11-8-9-16(20-11)14(17-2)10-13-12-6-4-5-7-15(12)19(3)18-13/h4-7,11,14,16-17H,8-10H2,1-3H3. The predicted molar refractivity (Wildman–Crippen MR) is 80.8 cm³/mol. The highest BCUT2D eigenvalue weighted by atomic mass is 16.5. The number of hydrogen-bond acceptors (Lipinski definition) is 3. The summed E-state index contributed by atoms with van der Waals surface area (Å²) in [5, 5.41) is 9.35. The van der Waals surface area contributed by atoms with E-state index in [9.17, 15) is 0 Å². The minimum Gasteiger partial charge on any atom is -0.374 e. The van der Waals surface area contributed by atoms with Crippen molar-refractivity contribution in [1.82, 2.24) is 15.1 Å². The molecule has 1 aliphatic rings. The fraction of sp³-hybridized carbons (Fsp3) is 0.562. The van der Waals surface area contributed by atoms with E-state index >= 15 is 0 Å². The molecule has 1 aromatic carbocycles. The maximum atomic E-state index is 6.01. The molecule has 108 valence electrons. The van der Waals surface area contributed by atoms with Gasteiger partial charge in [-0.1, -0.05) is 18.2 Å². The summed E-state index contributed by atoms with van der Waals surface area (Å²) in [6.45, 7) is 2.16. The van der Waals surface area contributed by atoms with Crippen LogP contribution < -0.4 is 5.32 Å². The lowest BCUT2D eigenvalue weighted by molar-refractivity contribution is 0.0336. The number of para-hydroxylation sites is 1. The van der Waals surface area contributed by atoms with E-state index in [2.05, 4.69) is 41.6 Å². The summed E-state index contributed by atoms with van der Waals surface area (Å²) < 4.78 is 7.98. The van der Waals surface area contributed by atoms with E-state index in [0.717, 1.165) is 25.0 Å². The van der Waals surface area contributed by atoms with Gasteiger partial charge >= 0.3 is 0 Å². The van der Waals surface area contributed by atoms with Gasteiger partial charge in [0.25, 0.3) is 0 Å². The summed E-state index contributed by atoms with van der Waals surface area (Å²) in [5.41, 5.74) is 2.35. The average Bonchev–Trinajstić information content (AvgIpc) is 3.01. The van der Waals surface area contributed by atoms with Crippen LogP contribution in [0, 0.1) is 0 Å². The fourth-order valence-corrected chi connectivity index (χ4v) is 3.20. The molecular formula is C16H23N3O. The molecule has 1 fully saturated rings. The van der Waals surface area contributed by atoms with Crippen molar-refractivity contribution in [2.24, 2.45) is 7.05 Å². The topological polar surface area (TPSA) is 39.1 Å². The molecule has 1 N–H and O–H groups in total. The van der Waals surface area contributed by atoms with Gasteiger partial charge in [-0.15, -0.1) is 0 Å². The molecule has 1 aliphatic heterocycles. The largest absolute Gasteiger partial charge is 0.374 e. The Morgan fingerprint density at radius 2 is 2.20 bits per heavy atom. The molecular weight excluding hydrogens is 250 g/mol. The number of nitrogens with one attached hydrogen (secondary N) is 1. The van der Waals surface area contributed by atoms with Crippen LogP contribution in [0.15, 0.2) is 24.3 Å². The summed E-state index contributed by atoms with van der Waals surface area (Å²) in [4.78, 5) is 0. The molecule has 3 unspecified atom stereocenters. The van der Waals surface area contributed by atoms with Gasteiger partial charge in [-0.25, -0.2) is 0 Å². The van der Waals surface area contributed by atoms with Crippen LogP contribution in [0.5, 0.6) is 0 Å². The molecule has 4 heteroatoms. The molecule has 20 heavy (non-hydrogen) atoms. The molecule has 0 spiro atoms. The first kappa shape index (κ1) is 13.6. The Kier molecular flexibility index (Phi) is 3.76. The van der Waals surface area contributed by atoms with Crippen LogP contribution in [0.25, 0.3) is 10.9 Å². The lowest BCUT2D eigenvalue weighted by Gasteiger charge is -2.22. The maximum Gasteiger partial charge on any atom is 0.0736 e. The van der Waals surface area contributed by atoms with Crippen molar-refractivity contribution in [1.29, 1.82) is 0 Å². The molecule has 0 aliphatic carbocycles. The zero-order valence-electron chi connectivity index (χ0n) is 12.5. The molecule has 1 aromatic heterocycles. The van der Waals surface area contributed by atoms with Crippen molar-refractivity contribution in [2.75, 3.05) is 7.05 Å². The van der Waals surface area contributed by atoms with E-state index in [0.29, 0.717) is 18.2 Å². The van der Waals surface area contributed by atoms with Crippen LogP contribution >= 0.6 is 0 Å². The number of aryl methyl sites for hydroxylation is 1. The minimum atomic E-state index is 0.302. The van der Waals surface area contributed by atoms with E-state index in [-0.39, 0.29) is 0 Å². The summed E-state index contributed by atoms with van der Waals surface area (Å²) in [6.07, 6.45) is 3.89. The van der Waals surface area contributed by atoms with Crippen molar-refractivity contribution in [3.8, 4) is 0 Å². The second-order valence-corrected chi connectivity index (χ2v) is 5.75. The van der Waals surface area contributed by atoms with Gasteiger partial charge in [-0.05, 0) is 32.9 Å². The van der Waals surface area contributed by atoms with Gasteiger partial charge in [0.15, 0.2) is 0 Å². The quantitative estimate of drug-likeness (QED) is 0.929. The smallest absolute Gasteiger partial charge is 0.0736 e. The average molecular weight is 273 g/mol. The molecule has 0 amide bonds. The number of fused-ring (bicyclic) bond motifs is 1. The number of ether oxygens (including phenoxy) is 1. The van der Waals surface area contributed by atoms with Crippen molar-refractivity contribution in [3.05, 3.63) is 30.0 Å². The summed E-state index contributed by atoms with van der Waals surface area (Å²) >= 11 is 0. The van der Waals surface area contributed by atoms with Crippen LogP contribution in [0.1, 0.15) is 25.5 Å². The van der Waals surface area contributed by atoms with Gasteiger partial charge in [0, 0.05) is 24.9 Å². The van der Waals surface area contributed by atoms with Crippen molar-refractivity contribution in [2.45, 2.75) is 44.4 Å². The Balaban J connectivity index is 1.84. The number of hydrogen-bond donors (Lipinski definition) is 1. The van der Waals surface area contributed by atoms with Gasteiger partial charge in [-0.3, -0.25) is 4.68 Å². The van der Waals surface area contributed by atoms with E-state index in [4.69, 9.17) is 4.74 Å². The SMILES string of the molecule is CNC(Cc1nn(C)c2ccccc12)C1CCC(C)O1. The summed E-state index contributed by atoms with van der Waals surface area (Å²) in [6, 6.07) is 8.75. The number of benzene rings is 1. The van der Waals surface area contributed by atoms with Crippen molar-refractivity contribution >= 4 is 10.9 Å². The maximum absolute atomic E-state index is 6.01. The van der Waals surface area contributed by atoms with Gasteiger partial charge in [-0.2, -0.15) is 5.10 Å². The Morgan fingerprint density at radius 3 is 2.90 bits per heavy atom. The van der Waals surface area contributed by atoms with Crippen LogP contribution in [-0.4, -0.2) is 35.1 Å². The van der Waals surface area contributed by atoms with Gasteiger partial charge < -0.3 is 10.1 Å². The lowest BCUT2D eigenvalue weighted by Crippen LogP contribution is -2.39. The first-order chi connectivity index (χ1) is 9.69. The Labute approximate surface area is 120 Å². The van der Waals surface area contributed by atoms with Crippen LogP contribution in [0.4, 0.5) is 0 Å². The zero-order chi connectivity index (χ0) is 14.1. The molecule has 0 saturated carbocycles. The third kappa shape index (κ3) is 2.45. The molecule has 4 nitrogen and oxygen atoms in total. The monoisotopic (exact) mass is 273 g/mol. The summed E-state index contributed by atoms with van der Waals surface area (Å²) in [7, 11) is 4.02. The van der Waals surface area contributed by atoms with E-state index in [1.54, 1.807) is 0 Å². The molecule has 1 saturated heterocycles. The third-order valence-corrected chi connectivity index (χ3v) is 4.33. The molecule has 2 heterocycles. The van der Waals surface area contributed by atoms with Crippen LogP contribution in [0.3, 0.4) is 0 Å². The van der Waals surface area contributed by atoms with Gasteiger partial charge in [0.05, 0.1) is 23.4 Å².